The zero-order valence-corrected chi connectivity index (χ0v) is 18.1. The van der Waals surface area contributed by atoms with E-state index in [2.05, 4.69) is 24.9 Å². The number of carbonyl (C=O) groups is 1. The monoisotopic (exact) mass is 455 g/mol. The summed E-state index contributed by atoms with van der Waals surface area (Å²) >= 11 is 1.27. The molecule has 0 spiro atoms. The quantitative estimate of drug-likeness (QED) is 0.320. The lowest BCUT2D eigenvalue weighted by molar-refractivity contribution is -0.383. The predicted molar refractivity (Wildman–Crippen MR) is 119 cm³/mol. The lowest BCUT2D eigenvalue weighted by atomic mass is 9.97. The van der Waals surface area contributed by atoms with Gasteiger partial charge in [0.1, 0.15) is 12.0 Å². The average molecular weight is 456 g/mol. The SMILES string of the molecule is CCOC(=O)C1CCN(c2ncnc(Nc3ccc(-c4csnn4)cc3)c2[N+](=O)[O-])CC1. The number of hydrogen-bond acceptors (Lipinski definition) is 11. The summed E-state index contributed by atoms with van der Waals surface area (Å²) in [6.45, 7) is 3.05. The molecule has 0 aliphatic carbocycles. The number of carbonyl (C=O) groups excluding carboxylic acids is 1. The van der Waals surface area contributed by atoms with E-state index in [9.17, 15) is 14.9 Å². The van der Waals surface area contributed by atoms with Gasteiger partial charge in [0.25, 0.3) is 0 Å². The molecule has 1 aliphatic heterocycles. The average Bonchev–Trinajstić information content (AvgIpc) is 3.34. The van der Waals surface area contributed by atoms with Crippen molar-refractivity contribution in [1.29, 1.82) is 0 Å². The van der Waals surface area contributed by atoms with E-state index in [0.29, 0.717) is 38.2 Å². The summed E-state index contributed by atoms with van der Waals surface area (Å²) in [4.78, 5) is 33.5. The topological polar surface area (TPSA) is 136 Å². The zero-order valence-electron chi connectivity index (χ0n) is 17.3. The maximum atomic E-state index is 12.0. The second kappa shape index (κ2) is 9.64. The van der Waals surface area contributed by atoms with Gasteiger partial charge in [-0.3, -0.25) is 14.9 Å². The highest BCUT2D eigenvalue weighted by molar-refractivity contribution is 7.03. The van der Waals surface area contributed by atoms with Crippen LogP contribution in [0.25, 0.3) is 11.3 Å². The summed E-state index contributed by atoms with van der Waals surface area (Å²) in [5, 5.41) is 20.8. The smallest absolute Gasteiger partial charge is 0.353 e. The minimum Gasteiger partial charge on any atom is -0.466 e. The molecule has 3 heterocycles. The van der Waals surface area contributed by atoms with Gasteiger partial charge in [-0.15, -0.1) is 5.10 Å². The molecule has 2 aromatic heterocycles. The third-order valence-corrected chi connectivity index (χ3v) is 5.71. The van der Waals surface area contributed by atoms with E-state index < -0.39 is 4.92 Å². The fourth-order valence-corrected chi connectivity index (χ4v) is 4.06. The molecular weight excluding hydrogens is 434 g/mol. The summed E-state index contributed by atoms with van der Waals surface area (Å²) in [6, 6.07) is 7.30. The highest BCUT2D eigenvalue weighted by Crippen LogP contribution is 2.35. The van der Waals surface area contributed by atoms with Crippen LogP contribution < -0.4 is 10.2 Å². The molecule has 12 heteroatoms. The van der Waals surface area contributed by atoms with Crippen LogP contribution >= 0.6 is 11.5 Å². The molecule has 32 heavy (non-hydrogen) atoms. The van der Waals surface area contributed by atoms with Crippen LogP contribution in [0.5, 0.6) is 0 Å². The van der Waals surface area contributed by atoms with Crippen molar-refractivity contribution in [2.75, 3.05) is 29.9 Å². The van der Waals surface area contributed by atoms with Crippen molar-refractivity contribution in [3.63, 3.8) is 0 Å². The predicted octanol–water partition coefficient (Wildman–Crippen LogP) is 3.43. The summed E-state index contributed by atoms with van der Waals surface area (Å²) in [5.41, 5.74) is 2.11. The van der Waals surface area contributed by atoms with E-state index in [0.717, 1.165) is 11.3 Å². The van der Waals surface area contributed by atoms with Crippen molar-refractivity contribution in [2.24, 2.45) is 5.92 Å². The third-order valence-electron chi connectivity index (χ3n) is 5.20. The number of aromatic nitrogens is 4. The second-order valence-corrected chi connectivity index (χ2v) is 7.77. The second-order valence-electron chi connectivity index (χ2n) is 7.16. The number of rotatable bonds is 7. The molecule has 0 saturated carbocycles. The molecule has 3 aromatic rings. The molecule has 0 radical (unpaired) electrons. The molecule has 4 rings (SSSR count). The molecular formula is C20H21N7O4S. The van der Waals surface area contributed by atoms with Gasteiger partial charge in [0.15, 0.2) is 0 Å². The van der Waals surface area contributed by atoms with Crippen LogP contribution in [0.15, 0.2) is 36.0 Å². The number of nitrogens with one attached hydrogen (secondary N) is 1. The van der Waals surface area contributed by atoms with Gasteiger partial charge in [0, 0.05) is 29.7 Å². The van der Waals surface area contributed by atoms with Crippen LogP contribution in [0, 0.1) is 16.0 Å². The van der Waals surface area contributed by atoms with Gasteiger partial charge >= 0.3 is 11.7 Å². The molecule has 1 N–H and O–H groups in total. The van der Waals surface area contributed by atoms with Crippen molar-refractivity contribution in [1.82, 2.24) is 19.6 Å². The summed E-state index contributed by atoms with van der Waals surface area (Å²) in [5.74, 6) is -0.0738. The highest BCUT2D eigenvalue weighted by atomic mass is 32.1. The Bertz CT molecular complexity index is 1080. The standard InChI is InChI=1S/C20H21N7O4S/c1-2-31-20(28)14-7-9-26(10-8-14)19-17(27(29)30)18(21-12-22-19)23-15-5-3-13(4-6-15)16-11-32-25-24-16/h3-6,11-12,14H,2,7-10H2,1H3,(H,21,22,23). The first-order valence-corrected chi connectivity index (χ1v) is 11.0. The molecule has 0 atom stereocenters. The molecule has 1 aromatic carbocycles. The Kier molecular flexibility index (Phi) is 6.50. The summed E-state index contributed by atoms with van der Waals surface area (Å²) < 4.78 is 8.94. The van der Waals surface area contributed by atoms with Gasteiger partial charge < -0.3 is 15.0 Å². The number of nitro groups is 1. The minimum atomic E-state index is -0.482. The van der Waals surface area contributed by atoms with Crippen LogP contribution in [0.4, 0.5) is 23.0 Å². The first-order chi connectivity index (χ1) is 15.6. The molecule has 1 aliphatic rings. The summed E-state index contributed by atoms with van der Waals surface area (Å²) in [7, 11) is 0. The lowest BCUT2D eigenvalue weighted by Crippen LogP contribution is -2.37. The highest BCUT2D eigenvalue weighted by Gasteiger charge is 2.32. The molecule has 166 valence electrons. The molecule has 0 bridgehead atoms. The summed E-state index contributed by atoms with van der Waals surface area (Å²) in [6.07, 6.45) is 2.41. The normalized spacial score (nSPS) is 14.2. The Morgan fingerprint density at radius 1 is 1.28 bits per heavy atom. The van der Waals surface area contributed by atoms with Gasteiger partial charge in [-0.2, -0.15) is 0 Å². The maximum Gasteiger partial charge on any atom is 0.353 e. The fourth-order valence-electron chi connectivity index (χ4n) is 3.60. The van der Waals surface area contributed by atoms with Crippen molar-refractivity contribution in [3.05, 3.63) is 46.1 Å². The van der Waals surface area contributed by atoms with Gasteiger partial charge in [0.2, 0.25) is 11.6 Å². The Morgan fingerprint density at radius 2 is 2.03 bits per heavy atom. The Morgan fingerprint density at radius 3 is 2.66 bits per heavy atom. The minimum absolute atomic E-state index is 0.107. The lowest BCUT2D eigenvalue weighted by Gasteiger charge is -2.31. The van der Waals surface area contributed by atoms with Gasteiger partial charge in [0.05, 0.1) is 17.4 Å². The van der Waals surface area contributed by atoms with E-state index in [-0.39, 0.29) is 29.2 Å². The van der Waals surface area contributed by atoms with Gasteiger partial charge in [-0.25, -0.2) is 9.97 Å². The Labute approximate surface area is 187 Å². The van der Waals surface area contributed by atoms with Crippen LogP contribution in [0.3, 0.4) is 0 Å². The van der Waals surface area contributed by atoms with Crippen molar-refractivity contribution in [3.8, 4) is 11.3 Å². The van der Waals surface area contributed by atoms with Crippen LogP contribution in [0.1, 0.15) is 19.8 Å². The number of esters is 1. The van der Waals surface area contributed by atoms with E-state index in [1.807, 2.05) is 22.4 Å². The van der Waals surface area contributed by atoms with Crippen molar-refractivity contribution >= 4 is 40.5 Å². The van der Waals surface area contributed by atoms with E-state index in [1.54, 1.807) is 19.1 Å². The van der Waals surface area contributed by atoms with Crippen molar-refractivity contribution < 1.29 is 14.5 Å². The van der Waals surface area contributed by atoms with E-state index in [1.165, 1.54) is 17.9 Å². The maximum absolute atomic E-state index is 12.0. The number of benzene rings is 1. The van der Waals surface area contributed by atoms with Crippen LogP contribution in [-0.4, -0.2) is 50.1 Å². The van der Waals surface area contributed by atoms with E-state index in [4.69, 9.17) is 4.74 Å². The van der Waals surface area contributed by atoms with Crippen LogP contribution in [0.2, 0.25) is 0 Å². The first-order valence-electron chi connectivity index (χ1n) is 10.1. The third kappa shape index (κ3) is 4.64. The zero-order chi connectivity index (χ0) is 22.5. The van der Waals surface area contributed by atoms with E-state index >= 15 is 0 Å². The fraction of sp³-hybridized carbons (Fsp3) is 0.350. The molecule has 1 fully saturated rings. The largest absolute Gasteiger partial charge is 0.466 e. The first kappa shape index (κ1) is 21.6. The molecule has 1 saturated heterocycles. The molecule has 11 nitrogen and oxygen atoms in total. The van der Waals surface area contributed by atoms with Gasteiger partial charge in [-0.1, -0.05) is 16.6 Å². The van der Waals surface area contributed by atoms with Crippen LogP contribution in [-0.2, 0) is 9.53 Å². The number of anilines is 3. The molecule has 0 unspecified atom stereocenters. The number of hydrogen-bond donors (Lipinski definition) is 1. The number of ether oxygens (including phenoxy) is 1. The Hall–Kier alpha value is -3.67. The Balaban J connectivity index is 1.53. The number of nitrogens with zero attached hydrogens (tertiary/aromatic N) is 6. The van der Waals surface area contributed by atoms with Gasteiger partial charge in [-0.05, 0) is 43.4 Å². The van der Waals surface area contributed by atoms with Crippen molar-refractivity contribution in [2.45, 2.75) is 19.8 Å². The number of piperidine rings is 1. The molecule has 0 amide bonds.